The number of hydrazone groups is 1. The van der Waals surface area contributed by atoms with E-state index in [-0.39, 0.29) is 17.6 Å². The van der Waals surface area contributed by atoms with E-state index in [0.29, 0.717) is 11.8 Å². The number of carbonyl (C=O) groups excluding carboxylic acids is 1. The number of hydrogen-bond acceptors (Lipinski definition) is 3. The number of hydrogen-bond donors (Lipinski definition) is 2. The lowest BCUT2D eigenvalue weighted by atomic mass is 10.0. The molecule has 0 bridgehead atoms. The van der Waals surface area contributed by atoms with Gasteiger partial charge in [0.2, 0.25) is 5.91 Å². The van der Waals surface area contributed by atoms with Gasteiger partial charge < -0.3 is 5.11 Å². The number of nitrogens with one attached hydrogen (secondary N) is 1. The van der Waals surface area contributed by atoms with E-state index in [1.807, 2.05) is 6.07 Å². The summed E-state index contributed by atoms with van der Waals surface area (Å²) in [5, 5.41) is 13.3. The van der Waals surface area contributed by atoms with E-state index in [0.717, 1.165) is 5.56 Å². The summed E-state index contributed by atoms with van der Waals surface area (Å²) in [5.74, 6) is 1.63. The average molecular weight is 258 g/mol. The second kappa shape index (κ2) is 5.03. The first-order chi connectivity index (χ1) is 9.25. The molecule has 2 fully saturated rings. The van der Waals surface area contributed by atoms with Crippen LogP contribution in [0.4, 0.5) is 0 Å². The minimum absolute atomic E-state index is 0.0494. The third kappa shape index (κ3) is 2.62. The highest BCUT2D eigenvalue weighted by atomic mass is 16.3. The largest absolute Gasteiger partial charge is 0.508 e. The van der Waals surface area contributed by atoms with Crippen LogP contribution in [-0.2, 0) is 4.79 Å². The fourth-order valence-corrected chi connectivity index (χ4v) is 3.23. The smallest absolute Gasteiger partial charge is 0.243 e. The Morgan fingerprint density at radius 3 is 2.74 bits per heavy atom. The predicted molar refractivity (Wildman–Crippen MR) is 72.8 cm³/mol. The second-order valence-corrected chi connectivity index (χ2v) is 5.47. The molecule has 1 aromatic carbocycles. The summed E-state index contributed by atoms with van der Waals surface area (Å²) in [7, 11) is 0. The Labute approximate surface area is 112 Å². The molecule has 19 heavy (non-hydrogen) atoms. The van der Waals surface area contributed by atoms with Crippen molar-refractivity contribution in [3.8, 4) is 5.75 Å². The van der Waals surface area contributed by atoms with Crippen LogP contribution in [0.25, 0.3) is 0 Å². The van der Waals surface area contributed by atoms with Crippen LogP contribution < -0.4 is 5.43 Å². The Morgan fingerprint density at radius 2 is 2.05 bits per heavy atom. The monoisotopic (exact) mass is 258 g/mol. The lowest BCUT2D eigenvalue weighted by Gasteiger charge is -2.04. The van der Waals surface area contributed by atoms with Gasteiger partial charge in [0.25, 0.3) is 0 Å². The number of nitrogens with zero attached hydrogens (tertiary/aromatic N) is 1. The van der Waals surface area contributed by atoms with Crippen molar-refractivity contribution in [3.05, 3.63) is 29.8 Å². The van der Waals surface area contributed by atoms with Crippen molar-refractivity contribution in [3.63, 3.8) is 0 Å². The zero-order valence-electron chi connectivity index (χ0n) is 10.7. The number of phenolic OH excluding ortho intramolecular Hbond substituents is 1. The third-order valence-electron chi connectivity index (χ3n) is 4.22. The summed E-state index contributed by atoms with van der Waals surface area (Å²) in [6, 6.07) is 6.78. The van der Waals surface area contributed by atoms with Crippen molar-refractivity contribution in [1.29, 1.82) is 0 Å². The highest BCUT2D eigenvalue weighted by molar-refractivity contribution is 5.85. The molecular formula is C15H18N2O2. The van der Waals surface area contributed by atoms with Gasteiger partial charge in [-0.2, -0.15) is 5.10 Å². The number of aromatic hydroxyl groups is 1. The van der Waals surface area contributed by atoms with Crippen LogP contribution in [0.3, 0.4) is 0 Å². The maximum Gasteiger partial charge on any atom is 0.243 e. The van der Waals surface area contributed by atoms with Crippen molar-refractivity contribution >= 4 is 12.1 Å². The molecule has 0 spiro atoms. The van der Waals surface area contributed by atoms with E-state index in [9.17, 15) is 9.90 Å². The van der Waals surface area contributed by atoms with Crippen molar-refractivity contribution < 1.29 is 9.90 Å². The Hall–Kier alpha value is -1.84. The standard InChI is InChI=1S/C15H18N2O2/c18-11-5-3-4-10(8-11)9-16-17-15(19)14-12-6-1-2-7-13(12)14/h3-5,8-9,12-14,18H,1-2,6-7H2,(H,17,19)/b16-9-/t12-,13-/m1/s1. The van der Waals surface area contributed by atoms with Crippen LogP contribution in [0.5, 0.6) is 5.75 Å². The highest BCUT2D eigenvalue weighted by Crippen LogP contribution is 2.55. The van der Waals surface area contributed by atoms with Crippen molar-refractivity contribution in [2.75, 3.05) is 0 Å². The summed E-state index contributed by atoms with van der Waals surface area (Å²) in [5.41, 5.74) is 3.39. The molecule has 4 nitrogen and oxygen atoms in total. The highest BCUT2D eigenvalue weighted by Gasteiger charge is 2.54. The minimum Gasteiger partial charge on any atom is -0.508 e. The van der Waals surface area contributed by atoms with Gasteiger partial charge in [0.05, 0.1) is 6.21 Å². The number of phenols is 1. The van der Waals surface area contributed by atoms with E-state index in [2.05, 4.69) is 10.5 Å². The van der Waals surface area contributed by atoms with Gasteiger partial charge in [-0.3, -0.25) is 4.79 Å². The lowest BCUT2D eigenvalue weighted by Crippen LogP contribution is -2.20. The fourth-order valence-electron chi connectivity index (χ4n) is 3.23. The van der Waals surface area contributed by atoms with E-state index in [4.69, 9.17) is 0 Å². The molecule has 0 unspecified atom stereocenters. The van der Waals surface area contributed by atoms with E-state index in [1.54, 1.807) is 24.4 Å². The van der Waals surface area contributed by atoms with Crippen LogP contribution in [0, 0.1) is 17.8 Å². The summed E-state index contributed by atoms with van der Waals surface area (Å²) in [4.78, 5) is 12.0. The number of rotatable bonds is 3. The van der Waals surface area contributed by atoms with Crippen LogP contribution in [0.2, 0.25) is 0 Å². The topological polar surface area (TPSA) is 61.7 Å². The second-order valence-electron chi connectivity index (χ2n) is 5.47. The first-order valence-corrected chi connectivity index (χ1v) is 6.87. The van der Waals surface area contributed by atoms with Gasteiger partial charge in [-0.25, -0.2) is 5.43 Å². The molecule has 4 heteroatoms. The van der Waals surface area contributed by atoms with E-state index < -0.39 is 0 Å². The zero-order valence-corrected chi connectivity index (χ0v) is 10.7. The maximum absolute atomic E-state index is 12.0. The Bertz CT molecular complexity index is 501. The molecule has 1 aromatic rings. The van der Waals surface area contributed by atoms with Gasteiger partial charge in [-0.15, -0.1) is 0 Å². The fraction of sp³-hybridized carbons (Fsp3) is 0.467. The molecule has 0 saturated heterocycles. The van der Waals surface area contributed by atoms with E-state index in [1.165, 1.54) is 25.7 Å². The summed E-state index contributed by atoms with van der Waals surface area (Å²) in [6.45, 7) is 0. The molecule has 2 atom stereocenters. The van der Waals surface area contributed by atoms with Gasteiger partial charge in [-0.05, 0) is 42.4 Å². The molecule has 2 saturated carbocycles. The van der Waals surface area contributed by atoms with Gasteiger partial charge in [0.1, 0.15) is 5.75 Å². The molecule has 0 aliphatic heterocycles. The van der Waals surface area contributed by atoms with Crippen molar-refractivity contribution in [1.82, 2.24) is 5.43 Å². The molecule has 1 amide bonds. The normalized spacial score (nSPS) is 28.9. The number of carbonyl (C=O) groups is 1. The quantitative estimate of drug-likeness (QED) is 0.645. The van der Waals surface area contributed by atoms with Gasteiger partial charge in [-0.1, -0.05) is 25.0 Å². The molecule has 0 heterocycles. The SMILES string of the molecule is O=C(N/N=C\c1cccc(O)c1)C1[C@@H]2CCCC[C@@H]12. The van der Waals surface area contributed by atoms with Crippen LogP contribution in [0.1, 0.15) is 31.2 Å². The Morgan fingerprint density at radius 1 is 1.32 bits per heavy atom. The van der Waals surface area contributed by atoms with Crippen molar-refractivity contribution in [2.24, 2.45) is 22.9 Å². The summed E-state index contributed by atoms with van der Waals surface area (Å²) >= 11 is 0. The molecule has 0 aromatic heterocycles. The Balaban J connectivity index is 1.54. The lowest BCUT2D eigenvalue weighted by molar-refractivity contribution is -0.122. The predicted octanol–water partition coefficient (Wildman–Crippen LogP) is 2.28. The van der Waals surface area contributed by atoms with Gasteiger partial charge in [0, 0.05) is 5.92 Å². The zero-order chi connectivity index (χ0) is 13.2. The van der Waals surface area contributed by atoms with Gasteiger partial charge >= 0.3 is 0 Å². The van der Waals surface area contributed by atoms with E-state index >= 15 is 0 Å². The molecule has 2 aliphatic rings. The summed E-state index contributed by atoms with van der Waals surface area (Å²) < 4.78 is 0. The van der Waals surface area contributed by atoms with Gasteiger partial charge in [0.15, 0.2) is 0 Å². The van der Waals surface area contributed by atoms with Crippen molar-refractivity contribution in [2.45, 2.75) is 25.7 Å². The molecule has 3 rings (SSSR count). The van der Waals surface area contributed by atoms with Crippen LogP contribution in [0.15, 0.2) is 29.4 Å². The average Bonchev–Trinajstić information content (AvgIpc) is 3.13. The number of fused-ring (bicyclic) bond motifs is 1. The number of amides is 1. The first kappa shape index (κ1) is 12.2. The van der Waals surface area contributed by atoms with Crippen LogP contribution >= 0.6 is 0 Å². The maximum atomic E-state index is 12.0. The van der Waals surface area contributed by atoms with Crippen LogP contribution in [-0.4, -0.2) is 17.2 Å². The molecule has 100 valence electrons. The Kier molecular flexibility index (Phi) is 3.23. The molecule has 2 aliphatic carbocycles. The molecular weight excluding hydrogens is 240 g/mol. The minimum atomic E-state index is 0.0494. The summed E-state index contributed by atoms with van der Waals surface area (Å²) in [6.07, 6.45) is 6.47. The molecule has 0 radical (unpaired) electrons. The molecule has 2 N–H and O–H groups in total. The third-order valence-corrected chi connectivity index (χ3v) is 4.22. The number of benzene rings is 1. The first-order valence-electron chi connectivity index (χ1n) is 6.87.